The summed E-state index contributed by atoms with van der Waals surface area (Å²) in [7, 11) is -0.446. The number of hydrogen-bond acceptors (Lipinski definition) is 0. The van der Waals surface area contributed by atoms with Crippen molar-refractivity contribution in [2.45, 2.75) is 19.2 Å². The minimum atomic E-state index is -0.446. The maximum absolute atomic E-state index is 3.44. The fourth-order valence-electron chi connectivity index (χ4n) is 3.14. The van der Waals surface area contributed by atoms with Gasteiger partial charge in [0.1, 0.15) is 0 Å². The Kier molecular flexibility index (Phi) is 8.23. The molecule has 0 fully saturated rings. The molecule has 29 heavy (non-hydrogen) atoms. The standard InChI is InChI=1S/C18H15P.C9H11Br/c1-4-10-16(11-5-1)19(17-12-6-2-7-13-17)18-14-8-3-9-15-18;1-7-4-3-5-9(6-10)8(7)2/h1-15H;3-5H,6H2,1-2H3. The predicted octanol–water partition coefficient (Wildman–Crippen LogP) is 6.64. The average molecular weight is 461 g/mol. The summed E-state index contributed by atoms with van der Waals surface area (Å²) in [5.74, 6) is 0. The van der Waals surface area contributed by atoms with Gasteiger partial charge in [-0.3, -0.25) is 0 Å². The van der Waals surface area contributed by atoms with Crippen LogP contribution in [0, 0.1) is 13.8 Å². The second-order valence-corrected chi connectivity index (χ2v) is 9.62. The van der Waals surface area contributed by atoms with Crippen LogP contribution in [0.2, 0.25) is 0 Å². The van der Waals surface area contributed by atoms with E-state index in [1.54, 1.807) is 0 Å². The van der Waals surface area contributed by atoms with Crippen molar-refractivity contribution < 1.29 is 0 Å². The first kappa shape index (κ1) is 21.5. The molecule has 0 radical (unpaired) electrons. The summed E-state index contributed by atoms with van der Waals surface area (Å²) in [4.78, 5) is 0. The van der Waals surface area contributed by atoms with Gasteiger partial charge in [-0.2, -0.15) is 0 Å². The minimum absolute atomic E-state index is 0.446. The first-order valence-corrected chi connectivity index (χ1v) is 12.2. The maximum atomic E-state index is 3.44. The quantitative estimate of drug-likeness (QED) is 0.236. The Morgan fingerprint density at radius 1 is 0.552 bits per heavy atom. The molecule has 0 aliphatic carbocycles. The van der Waals surface area contributed by atoms with E-state index < -0.39 is 7.92 Å². The molecule has 4 aromatic rings. The van der Waals surface area contributed by atoms with Gasteiger partial charge < -0.3 is 0 Å². The lowest BCUT2D eigenvalue weighted by Crippen LogP contribution is -2.20. The highest BCUT2D eigenvalue weighted by atomic mass is 79.9. The van der Waals surface area contributed by atoms with Crippen molar-refractivity contribution in [1.82, 2.24) is 0 Å². The maximum Gasteiger partial charge on any atom is 0.0285 e. The molecule has 0 nitrogen and oxygen atoms in total. The lowest BCUT2D eigenvalue weighted by molar-refractivity contribution is 1.25. The van der Waals surface area contributed by atoms with Crippen LogP contribution in [-0.4, -0.2) is 0 Å². The normalized spacial score (nSPS) is 10.3. The molecule has 0 aliphatic rings. The molecule has 0 atom stereocenters. The zero-order valence-corrected chi connectivity index (χ0v) is 19.4. The summed E-state index contributed by atoms with van der Waals surface area (Å²) in [6.07, 6.45) is 0. The fraction of sp³-hybridized carbons (Fsp3) is 0.111. The largest absolute Gasteiger partial charge is 0.0876 e. The number of hydrogen-bond donors (Lipinski definition) is 0. The smallest absolute Gasteiger partial charge is 0.0285 e. The van der Waals surface area contributed by atoms with Gasteiger partial charge in [-0.25, -0.2) is 0 Å². The molecule has 146 valence electrons. The van der Waals surface area contributed by atoms with Crippen molar-refractivity contribution in [3.8, 4) is 0 Å². The summed E-state index contributed by atoms with van der Waals surface area (Å²) in [6, 6.07) is 38.7. The molecule has 0 heterocycles. The average Bonchev–Trinajstić information content (AvgIpc) is 2.79. The lowest BCUT2D eigenvalue weighted by Gasteiger charge is -2.18. The van der Waals surface area contributed by atoms with E-state index in [-0.39, 0.29) is 0 Å². The van der Waals surface area contributed by atoms with E-state index in [1.807, 2.05) is 0 Å². The molecular formula is C27H26BrP. The predicted molar refractivity (Wildman–Crippen MR) is 134 cm³/mol. The van der Waals surface area contributed by atoms with Crippen LogP contribution in [0.15, 0.2) is 109 Å². The van der Waals surface area contributed by atoms with Gasteiger partial charge >= 0.3 is 0 Å². The van der Waals surface area contributed by atoms with Crippen molar-refractivity contribution in [3.63, 3.8) is 0 Å². The van der Waals surface area contributed by atoms with Crippen LogP contribution in [0.1, 0.15) is 16.7 Å². The Balaban J connectivity index is 0.000000204. The summed E-state index contributed by atoms with van der Waals surface area (Å²) in [6.45, 7) is 4.30. The topological polar surface area (TPSA) is 0 Å². The molecule has 0 unspecified atom stereocenters. The van der Waals surface area contributed by atoms with Crippen molar-refractivity contribution in [2.75, 3.05) is 0 Å². The van der Waals surface area contributed by atoms with Crippen LogP contribution in [0.4, 0.5) is 0 Å². The highest BCUT2D eigenvalue weighted by molar-refractivity contribution is 9.08. The molecule has 0 saturated carbocycles. The van der Waals surface area contributed by atoms with Gasteiger partial charge in [0.2, 0.25) is 0 Å². The van der Waals surface area contributed by atoms with Crippen molar-refractivity contribution in [3.05, 3.63) is 126 Å². The van der Waals surface area contributed by atoms with E-state index in [0.29, 0.717) is 0 Å². The van der Waals surface area contributed by atoms with E-state index in [9.17, 15) is 0 Å². The molecule has 0 amide bonds. The summed E-state index contributed by atoms with van der Waals surface area (Å²) < 4.78 is 0. The Morgan fingerprint density at radius 3 is 1.31 bits per heavy atom. The van der Waals surface area contributed by atoms with Crippen LogP contribution in [0.5, 0.6) is 0 Å². The zero-order valence-electron chi connectivity index (χ0n) is 16.9. The number of alkyl halides is 1. The highest BCUT2D eigenvalue weighted by Crippen LogP contribution is 2.32. The molecule has 0 bridgehead atoms. The zero-order chi connectivity index (χ0) is 20.5. The molecule has 0 N–H and O–H groups in total. The Labute approximate surface area is 184 Å². The van der Waals surface area contributed by atoms with Crippen LogP contribution >= 0.6 is 23.9 Å². The van der Waals surface area contributed by atoms with Gasteiger partial charge in [0.25, 0.3) is 0 Å². The SMILES string of the molecule is Cc1cccc(CBr)c1C.c1ccc(P(c2ccccc2)c2ccccc2)cc1. The molecule has 0 aromatic heterocycles. The molecule has 0 saturated heterocycles. The van der Waals surface area contributed by atoms with E-state index in [2.05, 4.69) is 139 Å². The van der Waals surface area contributed by atoms with Gasteiger partial charge in [-0.1, -0.05) is 125 Å². The van der Waals surface area contributed by atoms with Crippen molar-refractivity contribution in [1.29, 1.82) is 0 Å². The second kappa shape index (κ2) is 11.1. The summed E-state index contributed by atoms with van der Waals surface area (Å²) in [5, 5.41) is 5.15. The molecule has 0 aliphatic heterocycles. The van der Waals surface area contributed by atoms with Crippen molar-refractivity contribution >= 4 is 39.8 Å². The first-order chi connectivity index (χ1) is 14.2. The summed E-state index contributed by atoms with van der Waals surface area (Å²) in [5.41, 5.74) is 4.16. The molecule has 4 rings (SSSR count). The Bertz CT molecular complexity index is 904. The summed E-state index contributed by atoms with van der Waals surface area (Å²) >= 11 is 3.44. The fourth-order valence-corrected chi connectivity index (χ4v) is 6.05. The third-order valence-electron chi connectivity index (χ3n) is 4.90. The van der Waals surface area contributed by atoms with Crippen LogP contribution in [0.25, 0.3) is 0 Å². The van der Waals surface area contributed by atoms with Crippen molar-refractivity contribution in [2.24, 2.45) is 0 Å². The van der Waals surface area contributed by atoms with Crippen LogP contribution in [0.3, 0.4) is 0 Å². The van der Waals surface area contributed by atoms with E-state index >= 15 is 0 Å². The Hall–Kier alpha value is -2.21. The number of benzene rings is 4. The van der Waals surface area contributed by atoms with E-state index in [0.717, 1.165) is 5.33 Å². The third-order valence-corrected chi connectivity index (χ3v) is 7.95. The Morgan fingerprint density at radius 2 is 0.966 bits per heavy atom. The molecule has 4 aromatic carbocycles. The van der Waals surface area contributed by atoms with Crippen LogP contribution < -0.4 is 15.9 Å². The molecular weight excluding hydrogens is 435 g/mol. The molecule has 0 spiro atoms. The van der Waals surface area contributed by atoms with Crippen LogP contribution in [-0.2, 0) is 5.33 Å². The van der Waals surface area contributed by atoms with E-state index in [4.69, 9.17) is 0 Å². The number of halogens is 1. The monoisotopic (exact) mass is 460 g/mol. The van der Waals surface area contributed by atoms with Gasteiger partial charge in [0, 0.05) is 5.33 Å². The van der Waals surface area contributed by atoms with E-state index in [1.165, 1.54) is 32.6 Å². The number of rotatable bonds is 4. The van der Waals surface area contributed by atoms with Gasteiger partial charge in [0.05, 0.1) is 0 Å². The minimum Gasteiger partial charge on any atom is -0.0876 e. The second-order valence-electron chi connectivity index (χ2n) is 6.83. The third kappa shape index (κ3) is 5.89. The van der Waals surface area contributed by atoms with Gasteiger partial charge in [-0.05, 0) is 54.4 Å². The highest BCUT2D eigenvalue weighted by Gasteiger charge is 2.14. The van der Waals surface area contributed by atoms with Gasteiger partial charge in [-0.15, -0.1) is 0 Å². The molecule has 2 heteroatoms. The lowest BCUT2D eigenvalue weighted by atomic mass is 10.1. The first-order valence-electron chi connectivity index (χ1n) is 9.77. The number of aryl methyl sites for hydroxylation is 1. The van der Waals surface area contributed by atoms with Gasteiger partial charge in [0.15, 0.2) is 0 Å².